The number of fused-ring (bicyclic) bond motifs is 1. The van der Waals surface area contributed by atoms with Gasteiger partial charge in [-0.1, -0.05) is 25.8 Å². The molecule has 96 valence electrons. The molecule has 2 aromatic rings. The summed E-state index contributed by atoms with van der Waals surface area (Å²) >= 11 is 0. The Bertz CT molecular complexity index is 668. The van der Waals surface area contributed by atoms with Crippen LogP contribution in [-0.4, -0.2) is 9.55 Å². The highest BCUT2D eigenvalue weighted by Gasteiger charge is 2.06. The van der Waals surface area contributed by atoms with Gasteiger partial charge in [0.1, 0.15) is 0 Å². The summed E-state index contributed by atoms with van der Waals surface area (Å²) in [6, 6.07) is 5.57. The minimum absolute atomic E-state index is 0.304. The fraction of sp³-hybridized carbons (Fsp3) is 0.429. The molecule has 0 aliphatic heterocycles. The van der Waals surface area contributed by atoms with Gasteiger partial charge in [-0.3, -0.25) is 14.3 Å². The first kappa shape index (κ1) is 12.6. The number of hydrogen-bond acceptors (Lipinski definition) is 2. The Morgan fingerprint density at radius 3 is 2.72 bits per heavy atom. The highest BCUT2D eigenvalue weighted by Crippen LogP contribution is 2.11. The molecule has 0 spiro atoms. The van der Waals surface area contributed by atoms with Crippen molar-refractivity contribution >= 4 is 10.9 Å². The summed E-state index contributed by atoms with van der Waals surface area (Å²) < 4.78 is 1.67. The summed E-state index contributed by atoms with van der Waals surface area (Å²) in [4.78, 5) is 26.0. The number of H-pyrrole nitrogens is 1. The smallest absolute Gasteiger partial charge is 0.293 e. The second-order valence-electron chi connectivity index (χ2n) is 4.64. The van der Waals surface area contributed by atoms with Crippen molar-refractivity contribution in [1.82, 2.24) is 9.55 Å². The fourth-order valence-corrected chi connectivity index (χ4v) is 2.14. The molecule has 1 aromatic heterocycles. The third-order valence-electron chi connectivity index (χ3n) is 3.14. The Morgan fingerprint density at radius 1 is 1.22 bits per heavy atom. The van der Waals surface area contributed by atoms with Gasteiger partial charge in [0, 0.05) is 6.54 Å². The molecular weight excluding hydrogens is 228 g/mol. The Labute approximate surface area is 105 Å². The lowest BCUT2D eigenvalue weighted by Gasteiger charge is -2.09. The van der Waals surface area contributed by atoms with E-state index in [1.54, 1.807) is 10.6 Å². The molecule has 0 saturated carbocycles. The number of rotatable bonds is 4. The maximum atomic E-state index is 11.9. The van der Waals surface area contributed by atoms with Gasteiger partial charge >= 0.3 is 5.69 Å². The van der Waals surface area contributed by atoms with Crippen LogP contribution < -0.4 is 11.2 Å². The SMILES string of the molecule is CCCCCn1c(=O)[nH]c(=O)c2ccc(C)cc21. The number of aryl methyl sites for hydroxylation is 2. The standard InChI is InChI=1S/C14H18N2O2/c1-3-4-5-8-16-12-9-10(2)6-7-11(12)13(17)15-14(16)18/h6-7,9H,3-5,8H2,1-2H3,(H,15,17,18). The van der Waals surface area contributed by atoms with Gasteiger partial charge < -0.3 is 0 Å². The lowest BCUT2D eigenvalue weighted by Crippen LogP contribution is -2.30. The lowest BCUT2D eigenvalue weighted by molar-refractivity contribution is 0.591. The second-order valence-corrected chi connectivity index (χ2v) is 4.64. The minimum Gasteiger partial charge on any atom is -0.293 e. The average molecular weight is 246 g/mol. The largest absolute Gasteiger partial charge is 0.328 e. The maximum Gasteiger partial charge on any atom is 0.328 e. The van der Waals surface area contributed by atoms with E-state index in [9.17, 15) is 9.59 Å². The number of nitrogens with one attached hydrogen (secondary N) is 1. The molecule has 0 atom stereocenters. The molecular formula is C14H18N2O2. The third kappa shape index (κ3) is 2.37. The molecule has 0 radical (unpaired) electrons. The van der Waals surface area contributed by atoms with Gasteiger partial charge in [0.05, 0.1) is 10.9 Å². The van der Waals surface area contributed by atoms with Gasteiger partial charge in [-0.05, 0) is 31.0 Å². The Hall–Kier alpha value is -1.84. The summed E-state index contributed by atoms with van der Waals surface area (Å²) in [6.45, 7) is 4.74. The highest BCUT2D eigenvalue weighted by atomic mass is 16.2. The number of unbranched alkanes of at least 4 members (excludes halogenated alkanes) is 2. The van der Waals surface area contributed by atoms with Crippen molar-refractivity contribution in [3.63, 3.8) is 0 Å². The van der Waals surface area contributed by atoms with Crippen LogP contribution in [0.4, 0.5) is 0 Å². The van der Waals surface area contributed by atoms with Crippen molar-refractivity contribution in [1.29, 1.82) is 0 Å². The molecule has 0 unspecified atom stereocenters. The van der Waals surface area contributed by atoms with Crippen molar-refractivity contribution in [2.24, 2.45) is 0 Å². The van der Waals surface area contributed by atoms with E-state index < -0.39 is 0 Å². The molecule has 0 aliphatic rings. The van der Waals surface area contributed by atoms with Gasteiger partial charge in [0.2, 0.25) is 0 Å². The summed E-state index contributed by atoms with van der Waals surface area (Å²) in [5, 5.41) is 0.580. The van der Waals surface area contributed by atoms with Crippen molar-refractivity contribution in [2.45, 2.75) is 39.7 Å². The van der Waals surface area contributed by atoms with Crippen LogP contribution in [0, 0.1) is 6.92 Å². The molecule has 0 saturated heterocycles. The highest BCUT2D eigenvalue weighted by molar-refractivity contribution is 5.78. The van der Waals surface area contributed by atoms with Crippen molar-refractivity contribution < 1.29 is 0 Å². The number of hydrogen-bond donors (Lipinski definition) is 1. The van der Waals surface area contributed by atoms with Crippen LogP contribution in [0.1, 0.15) is 31.7 Å². The Kier molecular flexibility index (Phi) is 3.65. The van der Waals surface area contributed by atoms with Crippen LogP contribution in [0.25, 0.3) is 10.9 Å². The van der Waals surface area contributed by atoms with Gasteiger partial charge in [0.25, 0.3) is 5.56 Å². The summed E-state index contributed by atoms with van der Waals surface area (Å²) in [5.41, 5.74) is 1.17. The predicted octanol–water partition coefficient (Wildman–Crippen LogP) is 2.19. The summed E-state index contributed by atoms with van der Waals surface area (Å²) in [7, 11) is 0. The zero-order chi connectivity index (χ0) is 13.1. The first-order valence-electron chi connectivity index (χ1n) is 6.37. The van der Waals surface area contributed by atoms with Crippen LogP contribution in [0.15, 0.2) is 27.8 Å². The second kappa shape index (κ2) is 5.21. The zero-order valence-electron chi connectivity index (χ0n) is 10.8. The van der Waals surface area contributed by atoms with Gasteiger partial charge in [-0.2, -0.15) is 0 Å². The van der Waals surface area contributed by atoms with E-state index in [0.717, 1.165) is 30.3 Å². The summed E-state index contributed by atoms with van der Waals surface area (Å²) in [6.07, 6.45) is 3.14. The van der Waals surface area contributed by atoms with Crippen LogP contribution in [0.3, 0.4) is 0 Å². The van der Waals surface area contributed by atoms with Crippen molar-refractivity contribution in [2.75, 3.05) is 0 Å². The van der Waals surface area contributed by atoms with Crippen molar-refractivity contribution in [3.05, 3.63) is 44.6 Å². The van der Waals surface area contributed by atoms with Crippen LogP contribution in [-0.2, 0) is 6.54 Å². The van der Waals surface area contributed by atoms with Gasteiger partial charge in [-0.15, -0.1) is 0 Å². The monoisotopic (exact) mass is 246 g/mol. The molecule has 0 aliphatic carbocycles. The zero-order valence-corrected chi connectivity index (χ0v) is 10.8. The molecule has 2 rings (SSSR count). The molecule has 0 amide bonds. The number of nitrogens with zero attached hydrogens (tertiary/aromatic N) is 1. The molecule has 1 N–H and O–H groups in total. The summed E-state index contributed by atoms with van der Waals surface area (Å²) in [5.74, 6) is 0. The minimum atomic E-state index is -0.311. The predicted molar refractivity (Wildman–Crippen MR) is 73.1 cm³/mol. The van der Waals surface area contributed by atoms with E-state index in [0.29, 0.717) is 11.9 Å². The van der Waals surface area contributed by atoms with E-state index >= 15 is 0 Å². The normalized spacial score (nSPS) is 11.0. The van der Waals surface area contributed by atoms with Crippen LogP contribution in [0.2, 0.25) is 0 Å². The third-order valence-corrected chi connectivity index (χ3v) is 3.14. The average Bonchev–Trinajstić information content (AvgIpc) is 2.33. The molecule has 4 heteroatoms. The first-order valence-corrected chi connectivity index (χ1v) is 6.37. The molecule has 18 heavy (non-hydrogen) atoms. The molecule has 0 fully saturated rings. The van der Waals surface area contributed by atoms with Crippen molar-refractivity contribution in [3.8, 4) is 0 Å². The maximum absolute atomic E-state index is 11.9. The number of benzene rings is 1. The van der Waals surface area contributed by atoms with E-state index in [-0.39, 0.29) is 11.2 Å². The Balaban J connectivity index is 2.59. The quantitative estimate of drug-likeness (QED) is 0.841. The molecule has 4 nitrogen and oxygen atoms in total. The Morgan fingerprint density at radius 2 is 2.00 bits per heavy atom. The number of aromatic nitrogens is 2. The lowest BCUT2D eigenvalue weighted by atomic mass is 10.1. The molecule has 1 heterocycles. The van der Waals surface area contributed by atoms with Gasteiger partial charge in [-0.25, -0.2) is 4.79 Å². The first-order chi connectivity index (χ1) is 8.63. The molecule has 0 bridgehead atoms. The van der Waals surface area contributed by atoms with E-state index in [1.165, 1.54) is 0 Å². The van der Waals surface area contributed by atoms with E-state index in [2.05, 4.69) is 11.9 Å². The topological polar surface area (TPSA) is 54.9 Å². The van der Waals surface area contributed by atoms with E-state index in [1.807, 2.05) is 19.1 Å². The molecule has 1 aromatic carbocycles. The van der Waals surface area contributed by atoms with Gasteiger partial charge in [0.15, 0.2) is 0 Å². The fourth-order valence-electron chi connectivity index (χ4n) is 2.14. The van der Waals surface area contributed by atoms with Crippen LogP contribution in [0.5, 0.6) is 0 Å². The van der Waals surface area contributed by atoms with E-state index in [4.69, 9.17) is 0 Å². The number of aromatic amines is 1. The van der Waals surface area contributed by atoms with Crippen LogP contribution >= 0.6 is 0 Å².